The van der Waals surface area contributed by atoms with Crippen LogP contribution in [-0.2, 0) is 7.05 Å². The lowest BCUT2D eigenvalue weighted by Gasteiger charge is -2.15. The van der Waals surface area contributed by atoms with Gasteiger partial charge in [-0.3, -0.25) is 10.5 Å². The van der Waals surface area contributed by atoms with E-state index in [1.165, 1.54) is 0 Å². The Labute approximate surface area is 109 Å². The van der Waals surface area contributed by atoms with Crippen molar-refractivity contribution in [2.75, 3.05) is 0 Å². The van der Waals surface area contributed by atoms with E-state index in [2.05, 4.69) is 15.5 Å². The number of aromatic nitrogens is 3. The number of halogens is 1. The molecule has 92 valence electrons. The minimum absolute atomic E-state index is 0.179. The number of nitrogens with two attached hydrogens (primary N) is 1. The predicted octanol–water partition coefficient (Wildman–Crippen LogP) is 1.70. The van der Waals surface area contributed by atoms with E-state index in [0.29, 0.717) is 5.02 Å². The Morgan fingerprint density at radius 1 is 1.53 bits per heavy atom. The van der Waals surface area contributed by atoms with Crippen molar-refractivity contribution in [3.05, 3.63) is 32.5 Å². The lowest BCUT2D eigenvalue weighted by atomic mass is 10.1. The predicted molar refractivity (Wildman–Crippen MR) is 69.0 cm³/mol. The maximum absolute atomic E-state index is 6.13. The van der Waals surface area contributed by atoms with E-state index in [9.17, 15) is 0 Å². The zero-order valence-electron chi connectivity index (χ0n) is 9.86. The fraction of sp³-hybridized carbons (Fsp3) is 0.400. The normalized spacial score (nSPS) is 13.0. The molecule has 0 aliphatic heterocycles. The van der Waals surface area contributed by atoms with Crippen molar-refractivity contribution < 1.29 is 0 Å². The molecule has 0 aromatic carbocycles. The highest BCUT2D eigenvalue weighted by molar-refractivity contribution is 7.11. The van der Waals surface area contributed by atoms with Gasteiger partial charge in [-0.1, -0.05) is 11.6 Å². The number of nitrogens with zero attached hydrogens (tertiary/aromatic N) is 3. The highest BCUT2D eigenvalue weighted by Gasteiger charge is 2.23. The van der Waals surface area contributed by atoms with E-state index in [1.807, 2.05) is 20.9 Å². The van der Waals surface area contributed by atoms with Gasteiger partial charge in [0, 0.05) is 7.05 Å². The zero-order chi connectivity index (χ0) is 12.6. The first-order valence-electron chi connectivity index (χ1n) is 5.12. The maximum atomic E-state index is 6.13. The van der Waals surface area contributed by atoms with Crippen molar-refractivity contribution in [1.29, 1.82) is 0 Å². The summed E-state index contributed by atoms with van der Waals surface area (Å²) in [6.45, 7) is 3.94. The molecule has 3 N–H and O–H groups in total. The van der Waals surface area contributed by atoms with E-state index in [1.54, 1.807) is 22.2 Å². The van der Waals surface area contributed by atoms with E-state index >= 15 is 0 Å². The van der Waals surface area contributed by atoms with Gasteiger partial charge in [-0.2, -0.15) is 5.10 Å². The highest BCUT2D eigenvalue weighted by Crippen LogP contribution is 2.32. The fourth-order valence-electron chi connectivity index (χ4n) is 1.84. The Kier molecular flexibility index (Phi) is 3.48. The van der Waals surface area contributed by atoms with Crippen molar-refractivity contribution in [2.45, 2.75) is 19.9 Å². The minimum Gasteiger partial charge on any atom is -0.270 e. The molecule has 0 spiro atoms. The number of nitrogens with one attached hydrogen (secondary N) is 1. The van der Waals surface area contributed by atoms with Crippen LogP contribution in [0.3, 0.4) is 0 Å². The molecular formula is C10H14ClN5S. The van der Waals surface area contributed by atoms with Crippen LogP contribution >= 0.6 is 22.9 Å². The summed E-state index contributed by atoms with van der Waals surface area (Å²) in [6.07, 6.45) is 1.62. The zero-order valence-corrected chi connectivity index (χ0v) is 11.4. The molecule has 7 heteroatoms. The molecule has 0 amide bonds. The Hall–Kier alpha value is -0.950. The van der Waals surface area contributed by atoms with Crippen LogP contribution in [0.25, 0.3) is 0 Å². The largest absolute Gasteiger partial charge is 0.270 e. The second-order valence-electron chi connectivity index (χ2n) is 3.78. The van der Waals surface area contributed by atoms with Crippen LogP contribution in [0, 0.1) is 13.8 Å². The third kappa shape index (κ3) is 2.21. The van der Waals surface area contributed by atoms with Gasteiger partial charge in [-0.05, 0) is 13.8 Å². The van der Waals surface area contributed by atoms with Crippen molar-refractivity contribution in [3.63, 3.8) is 0 Å². The van der Waals surface area contributed by atoms with Gasteiger partial charge in [-0.25, -0.2) is 10.4 Å². The Bertz CT molecular complexity index is 513. The summed E-state index contributed by atoms with van der Waals surface area (Å²) in [5.41, 5.74) is 4.60. The summed E-state index contributed by atoms with van der Waals surface area (Å²) < 4.78 is 1.72. The SMILES string of the molecule is Cc1nc(C)c(C(NN)c2c(Cl)cnn2C)s1. The van der Waals surface area contributed by atoms with Crippen LogP contribution < -0.4 is 11.3 Å². The average molecular weight is 272 g/mol. The van der Waals surface area contributed by atoms with Crippen LogP contribution in [-0.4, -0.2) is 14.8 Å². The second-order valence-corrected chi connectivity index (χ2v) is 5.43. The summed E-state index contributed by atoms with van der Waals surface area (Å²) in [5, 5.41) is 5.73. The second kappa shape index (κ2) is 4.73. The average Bonchev–Trinajstić information content (AvgIpc) is 2.76. The lowest BCUT2D eigenvalue weighted by molar-refractivity contribution is 0.579. The summed E-state index contributed by atoms with van der Waals surface area (Å²) in [5.74, 6) is 5.64. The third-order valence-electron chi connectivity index (χ3n) is 2.58. The summed E-state index contributed by atoms with van der Waals surface area (Å²) >= 11 is 7.74. The maximum Gasteiger partial charge on any atom is 0.100 e. The molecule has 1 unspecified atom stereocenters. The number of hydrogen-bond donors (Lipinski definition) is 2. The molecule has 0 radical (unpaired) electrons. The molecule has 2 rings (SSSR count). The molecule has 2 heterocycles. The number of hydrazine groups is 1. The molecule has 0 aliphatic rings. The van der Waals surface area contributed by atoms with Crippen LogP contribution in [0.4, 0.5) is 0 Å². The van der Waals surface area contributed by atoms with Crippen molar-refractivity contribution in [1.82, 2.24) is 20.2 Å². The molecule has 1 atom stereocenters. The summed E-state index contributed by atoms with van der Waals surface area (Å²) in [7, 11) is 1.84. The van der Waals surface area contributed by atoms with Crippen LogP contribution in [0.1, 0.15) is 27.3 Å². The molecular weight excluding hydrogens is 258 g/mol. The van der Waals surface area contributed by atoms with Gasteiger partial charge >= 0.3 is 0 Å². The van der Waals surface area contributed by atoms with Crippen molar-refractivity contribution in [2.24, 2.45) is 12.9 Å². The number of hydrogen-bond acceptors (Lipinski definition) is 5. The molecule has 0 aliphatic carbocycles. The monoisotopic (exact) mass is 271 g/mol. The summed E-state index contributed by atoms with van der Waals surface area (Å²) in [4.78, 5) is 5.46. The molecule has 0 fully saturated rings. The molecule has 2 aromatic heterocycles. The Morgan fingerprint density at radius 2 is 2.24 bits per heavy atom. The van der Waals surface area contributed by atoms with E-state index in [4.69, 9.17) is 17.4 Å². The molecule has 5 nitrogen and oxygen atoms in total. The standard InChI is InChI=1S/C10H14ClN5S/c1-5-10(17-6(2)14-5)8(15-12)9-7(11)4-13-16(9)3/h4,8,15H,12H2,1-3H3. The van der Waals surface area contributed by atoms with Crippen LogP contribution in [0.5, 0.6) is 0 Å². The highest BCUT2D eigenvalue weighted by atomic mass is 35.5. The van der Waals surface area contributed by atoms with Crippen molar-refractivity contribution >= 4 is 22.9 Å². The molecule has 0 bridgehead atoms. The van der Waals surface area contributed by atoms with E-state index < -0.39 is 0 Å². The van der Waals surface area contributed by atoms with Gasteiger partial charge in [0.25, 0.3) is 0 Å². The first kappa shape index (κ1) is 12.5. The fourth-order valence-corrected chi connectivity index (χ4v) is 3.11. The first-order chi connectivity index (χ1) is 8.04. The molecule has 2 aromatic rings. The lowest BCUT2D eigenvalue weighted by Crippen LogP contribution is -2.30. The minimum atomic E-state index is -0.179. The van der Waals surface area contributed by atoms with E-state index in [0.717, 1.165) is 21.3 Å². The van der Waals surface area contributed by atoms with Gasteiger partial charge in [-0.15, -0.1) is 11.3 Å². The van der Waals surface area contributed by atoms with Crippen molar-refractivity contribution in [3.8, 4) is 0 Å². The van der Waals surface area contributed by atoms with Gasteiger partial charge in [0.05, 0.1) is 32.5 Å². The topological polar surface area (TPSA) is 68.8 Å². The third-order valence-corrected chi connectivity index (χ3v) is 4.01. The van der Waals surface area contributed by atoms with Crippen LogP contribution in [0.15, 0.2) is 6.20 Å². The Balaban J connectivity index is 2.51. The number of aryl methyl sites for hydroxylation is 3. The number of rotatable bonds is 3. The van der Waals surface area contributed by atoms with Crippen LogP contribution in [0.2, 0.25) is 5.02 Å². The van der Waals surface area contributed by atoms with E-state index in [-0.39, 0.29) is 6.04 Å². The molecule has 0 saturated carbocycles. The summed E-state index contributed by atoms with van der Waals surface area (Å²) in [6, 6.07) is -0.179. The van der Waals surface area contributed by atoms with Gasteiger partial charge in [0.2, 0.25) is 0 Å². The Morgan fingerprint density at radius 3 is 2.65 bits per heavy atom. The van der Waals surface area contributed by atoms with Gasteiger partial charge in [0.1, 0.15) is 6.04 Å². The number of thiazole rings is 1. The molecule has 0 saturated heterocycles. The van der Waals surface area contributed by atoms with Gasteiger partial charge < -0.3 is 0 Å². The smallest absolute Gasteiger partial charge is 0.100 e. The quantitative estimate of drug-likeness (QED) is 0.659. The first-order valence-corrected chi connectivity index (χ1v) is 6.31. The molecule has 17 heavy (non-hydrogen) atoms. The van der Waals surface area contributed by atoms with Gasteiger partial charge in [0.15, 0.2) is 0 Å².